The van der Waals surface area contributed by atoms with Gasteiger partial charge in [0.15, 0.2) is 0 Å². The lowest BCUT2D eigenvalue weighted by atomic mass is 10.2. The first-order chi connectivity index (χ1) is 10.2. The molecule has 0 unspecified atom stereocenters. The smallest absolute Gasteiger partial charge is 0.137 e. The summed E-state index contributed by atoms with van der Waals surface area (Å²) >= 11 is 0. The average molecular weight is 276 g/mol. The normalized spacial score (nSPS) is 11.5. The zero-order valence-electron chi connectivity index (χ0n) is 11.8. The predicted octanol–water partition coefficient (Wildman–Crippen LogP) is 3.23. The van der Waals surface area contributed by atoms with E-state index in [-0.39, 0.29) is 0 Å². The molecule has 4 nitrogen and oxygen atoms in total. The predicted molar refractivity (Wildman–Crippen MR) is 85.4 cm³/mol. The van der Waals surface area contributed by atoms with Crippen LogP contribution < -0.4 is 5.73 Å². The molecule has 104 valence electrons. The van der Waals surface area contributed by atoms with Gasteiger partial charge in [-0.25, -0.2) is 4.52 Å². The zero-order chi connectivity index (χ0) is 14.4. The van der Waals surface area contributed by atoms with Gasteiger partial charge in [0.2, 0.25) is 0 Å². The van der Waals surface area contributed by atoms with Crippen molar-refractivity contribution in [1.82, 2.24) is 14.2 Å². The number of nitrogens with zero attached hydrogens (tertiary/aromatic N) is 3. The van der Waals surface area contributed by atoms with E-state index in [0.717, 1.165) is 34.6 Å². The Morgan fingerprint density at radius 2 is 1.81 bits per heavy atom. The molecule has 2 aromatic carbocycles. The van der Waals surface area contributed by atoms with E-state index in [1.54, 1.807) is 0 Å². The second kappa shape index (κ2) is 4.38. The van der Waals surface area contributed by atoms with Crippen molar-refractivity contribution in [2.24, 2.45) is 0 Å². The number of hydrogen-bond donors (Lipinski definition) is 1. The Morgan fingerprint density at radius 3 is 2.62 bits per heavy atom. The molecule has 0 aliphatic heterocycles. The van der Waals surface area contributed by atoms with Crippen LogP contribution in [-0.4, -0.2) is 14.2 Å². The molecule has 0 atom stereocenters. The van der Waals surface area contributed by atoms with Gasteiger partial charge in [0.1, 0.15) is 5.65 Å². The molecule has 2 aromatic heterocycles. The number of aryl methyl sites for hydroxylation is 1. The van der Waals surface area contributed by atoms with Gasteiger partial charge in [-0.15, -0.1) is 0 Å². The molecule has 0 spiro atoms. The largest absolute Gasteiger partial charge is 0.399 e. The van der Waals surface area contributed by atoms with E-state index in [0.29, 0.717) is 0 Å². The molecule has 0 aliphatic rings. The number of nitrogen functional groups attached to an aromatic ring is 1. The van der Waals surface area contributed by atoms with Crippen molar-refractivity contribution in [3.05, 3.63) is 65.9 Å². The first kappa shape index (κ1) is 12.0. The monoisotopic (exact) mass is 276 g/mol. The Labute approximate surface area is 122 Å². The quantitative estimate of drug-likeness (QED) is 0.571. The highest BCUT2D eigenvalue weighted by Gasteiger charge is 2.13. The molecular formula is C17H16N4. The van der Waals surface area contributed by atoms with E-state index in [2.05, 4.69) is 40.0 Å². The number of aromatic nitrogens is 3. The van der Waals surface area contributed by atoms with Crippen LogP contribution in [0.3, 0.4) is 0 Å². The van der Waals surface area contributed by atoms with Gasteiger partial charge in [-0.1, -0.05) is 30.3 Å². The lowest BCUT2D eigenvalue weighted by Crippen LogP contribution is -1.99. The highest BCUT2D eigenvalue weighted by atomic mass is 15.3. The molecule has 4 aromatic rings. The molecule has 2 N–H and O–H groups in total. The number of benzene rings is 2. The molecule has 2 heterocycles. The third-order valence-corrected chi connectivity index (χ3v) is 3.79. The van der Waals surface area contributed by atoms with E-state index in [4.69, 9.17) is 5.73 Å². The van der Waals surface area contributed by atoms with Crippen LogP contribution in [0.25, 0.3) is 16.7 Å². The third kappa shape index (κ3) is 1.88. The maximum absolute atomic E-state index is 5.96. The first-order valence-corrected chi connectivity index (χ1v) is 7.00. The van der Waals surface area contributed by atoms with Crippen LogP contribution >= 0.6 is 0 Å². The van der Waals surface area contributed by atoms with Crippen molar-refractivity contribution in [2.75, 3.05) is 5.73 Å². The minimum absolute atomic E-state index is 0.772. The molecule has 0 fully saturated rings. The van der Waals surface area contributed by atoms with Gasteiger partial charge < -0.3 is 10.3 Å². The molecule has 4 rings (SSSR count). The zero-order valence-corrected chi connectivity index (χ0v) is 11.8. The van der Waals surface area contributed by atoms with Crippen LogP contribution in [0.15, 0.2) is 54.6 Å². The fraction of sp³-hybridized carbons (Fsp3) is 0.118. The van der Waals surface area contributed by atoms with Crippen molar-refractivity contribution >= 4 is 22.4 Å². The number of hydrogen-bond acceptors (Lipinski definition) is 2. The lowest BCUT2D eigenvalue weighted by molar-refractivity contribution is 0.848. The molecule has 0 saturated carbocycles. The maximum Gasteiger partial charge on any atom is 0.137 e. The summed E-state index contributed by atoms with van der Waals surface area (Å²) in [7, 11) is 0. The van der Waals surface area contributed by atoms with E-state index >= 15 is 0 Å². The standard InChI is InChI=1S/C17H16N4/c1-12-9-17-20(11-13-5-3-2-4-6-13)16-10-14(18)7-8-15(16)21(17)19-12/h2-10H,11,18H2,1H3. The first-order valence-electron chi connectivity index (χ1n) is 7.00. The van der Waals surface area contributed by atoms with E-state index in [1.165, 1.54) is 5.56 Å². The maximum atomic E-state index is 5.96. The highest BCUT2D eigenvalue weighted by Crippen LogP contribution is 2.24. The minimum atomic E-state index is 0.772. The van der Waals surface area contributed by atoms with Gasteiger partial charge in [-0.2, -0.15) is 5.10 Å². The van der Waals surface area contributed by atoms with E-state index in [9.17, 15) is 0 Å². The molecule has 0 saturated heterocycles. The third-order valence-electron chi connectivity index (χ3n) is 3.79. The van der Waals surface area contributed by atoms with E-state index in [1.807, 2.05) is 35.7 Å². The lowest BCUT2D eigenvalue weighted by Gasteiger charge is -2.06. The Hall–Kier alpha value is -2.75. The van der Waals surface area contributed by atoms with Crippen LogP contribution in [0.5, 0.6) is 0 Å². The molecular weight excluding hydrogens is 260 g/mol. The van der Waals surface area contributed by atoms with Gasteiger partial charge in [-0.3, -0.25) is 0 Å². The Kier molecular flexibility index (Phi) is 2.51. The molecule has 0 amide bonds. The van der Waals surface area contributed by atoms with Crippen LogP contribution in [0.2, 0.25) is 0 Å². The van der Waals surface area contributed by atoms with Crippen LogP contribution in [0, 0.1) is 6.92 Å². The topological polar surface area (TPSA) is 48.2 Å². The summed E-state index contributed by atoms with van der Waals surface area (Å²) in [6.07, 6.45) is 0. The fourth-order valence-corrected chi connectivity index (χ4v) is 2.85. The number of anilines is 1. The van der Waals surface area contributed by atoms with E-state index < -0.39 is 0 Å². The second-order valence-corrected chi connectivity index (χ2v) is 5.38. The number of fused-ring (bicyclic) bond motifs is 3. The molecule has 0 bridgehead atoms. The van der Waals surface area contributed by atoms with Crippen molar-refractivity contribution in [3.8, 4) is 0 Å². The van der Waals surface area contributed by atoms with Gasteiger partial charge in [0.25, 0.3) is 0 Å². The minimum Gasteiger partial charge on any atom is -0.399 e. The summed E-state index contributed by atoms with van der Waals surface area (Å²) in [5, 5.41) is 4.59. The fourth-order valence-electron chi connectivity index (χ4n) is 2.85. The summed E-state index contributed by atoms with van der Waals surface area (Å²) in [5.41, 5.74) is 12.3. The van der Waals surface area contributed by atoms with Crippen LogP contribution in [0.1, 0.15) is 11.3 Å². The van der Waals surface area contributed by atoms with Crippen molar-refractivity contribution in [1.29, 1.82) is 0 Å². The van der Waals surface area contributed by atoms with Crippen molar-refractivity contribution < 1.29 is 0 Å². The molecule has 4 heteroatoms. The van der Waals surface area contributed by atoms with Crippen molar-refractivity contribution in [3.63, 3.8) is 0 Å². The number of nitrogens with two attached hydrogens (primary N) is 1. The summed E-state index contributed by atoms with van der Waals surface area (Å²) in [6, 6.07) is 18.5. The summed E-state index contributed by atoms with van der Waals surface area (Å²) in [6.45, 7) is 2.82. The van der Waals surface area contributed by atoms with Gasteiger partial charge in [-0.05, 0) is 30.7 Å². The second-order valence-electron chi connectivity index (χ2n) is 5.38. The van der Waals surface area contributed by atoms with Crippen LogP contribution in [-0.2, 0) is 6.54 Å². The Morgan fingerprint density at radius 1 is 1.00 bits per heavy atom. The Bertz CT molecular complexity index is 932. The van der Waals surface area contributed by atoms with Crippen molar-refractivity contribution in [2.45, 2.75) is 13.5 Å². The number of imidazole rings is 1. The summed E-state index contributed by atoms with van der Waals surface area (Å²) < 4.78 is 4.26. The summed E-state index contributed by atoms with van der Waals surface area (Å²) in [5.74, 6) is 0. The number of rotatable bonds is 2. The van der Waals surface area contributed by atoms with Gasteiger partial charge >= 0.3 is 0 Å². The average Bonchev–Trinajstić information content (AvgIpc) is 2.97. The molecule has 0 radical (unpaired) electrons. The van der Waals surface area contributed by atoms with Gasteiger partial charge in [0.05, 0.1) is 16.7 Å². The SMILES string of the molecule is Cc1cc2n(Cc3ccccc3)c3cc(N)ccc3n2n1. The van der Waals surface area contributed by atoms with Crippen LogP contribution in [0.4, 0.5) is 5.69 Å². The highest BCUT2D eigenvalue weighted by molar-refractivity contribution is 5.84. The molecule has 21 heavy (non-hydrogen) atoms. The Balaban J connectivity index is 2.01. The van der Waals surface area contributed by atoms with Gasteiger partial charge in [0, 0.05) is 18.3 Å². The summed E-state index contributed by atoms with van der Waals surface area (Å²) in [4.78, 5) is 0. The molecule has 0 aliphatic carbocycles.